The van der Waals surface area contributed by atoms with Crippen LogP contribution in [0.2, 0.25) is 0 Å². The fraction of sp³-hybridized carbons (Fsp3) is 0.188. The first-order valence-electron chi connectivity index (χ1n) is 12.6. The molecule has 190 valence electrons. The molecule has 0 amide bonds. The lowest BCUT2D eigenvalue weighted by Gasteiger charge is -2.36. The third-order valence-electron chi connectivity index (χ3n) is 7.00. The minimum atomic E-state index is -1.30. The highest BCUT2D eigenvalue weighted by molar-refractivity contribution is 5.99. The molecule has 5 aromatic rings. The molecule has 6 rings (SSSR count). The lowest BCUT2D eigenvalue weighted by atomic mass is 9.80. The highest BCUT2D eigenvalue weighted by Crippen LogP contribution is 2.41. The van der Waals surface area contributed by atoms with Gasteiger partial charge in [-0.2, -0.15) is 0 Å². The second-order valence-electron chi connectivity index (χ2n) is 9.98. The predicted molar refractivity (Wildman–Crippen MR) is 145 cm³/mol. The Labute approximate surface area is 220 Å². The van der Waals surface area contributed by atoms with E-state index in [1.807, 2.05) is 72.9 Å². The van der Waals surface area contributed by atoms with Gasteiger partial charge in [-0.25, -0.2) is 0 Å². The van der Waals surface area contributed by atoms with Gasteiger partial charge in [0.05, 0.1) is 0 Å². The maximum absolute atomic E-state index is 13.1. The lowest BCUT2D eigenvalue weighted by molar-refractivity contribution is -0.240. The van der Waals surface area contributed by atoms with Gasteiger partial charge >= 0.3 is 11.9 Å². The van der Waals surface area contributed by atoms with Gasteiger partial charge < -0.3 is 19.2 Å². The van der Waals surface area contributed by atoms with Crippen molar-refractivity contribution in [1.29, 1.82) is 0 Å². The van der Waals surface area contributed by atoms with Gasteiger partial charge in [-0.05, 0) is 45.7 Å². The Balaban J connectivity index is 1.33. The maximum atomic E-state index is 13.1. The molecule has 0 unspecified atom stereocenters. The van der Waals surface area contributed by atoms with Crippen LogP contribution >= 0.6 is 0 Å². The zero-order chi connectivity index (χ0) is 26.3. The standard InChI is InChI=1S/C32H27NO5/c1-32(2)37-30(34)29(31(35)38-32)28(26-18-33-27-13-6-5-12-25(26)27)21-14-16-23(17-15-21)36-19-22-10-7-9-20-8-3-4-11-24(20)22/h3-18,28-29,33H,19H2,1-2H3/t28-/m0/s1. The summed E-state index contributed by atoms with van der Waals surface area (Å²) >= 11 is 0. The smallest absolute Gasteiger partial charge is 0.324 e. The molecule has 2 heterocycles. The molecular formula is C32H27NO5. The average molecular weight is 506 g/mol. The molecule has 1 aliphatic heterocycles. The molecular weight excluding hydrogens is 478 g/mol. The monoisotopic (exact) mass is 505 g/mol. The van der Waals surface area contributed by atoms with Crippen LogP contribution in [0.5, 0.6) is 5.75 Å². The Morgan fingerprint density at radius 1 is 0.816 bits per heavy atom. The van der Waals surface area contributed by atoms with Crippen molar-refractivity contribution in [3.8, 4) is 5.75 Å². The van der Waals surface area contributed by atoms with Gasteiger partial charge in [0.25, 0.3) is 5.79 Å². The molecule has 6 heteroatoms. The van der Waals surface area contributed by atoms with Crippen molar-refractivity contribution in [3.63, 3.8) is 0 Å². The number of H-pyrrole nitrogens is 1. The van der Waals surface area contributed by atoms with Gasteiger partial charge in [0.15, 0.2) is 5.92 Å². The number of para-hydroxylation sites is 1. The molecule has 0 bridgehead atoms. The third-order valence-corrected chi connectivity index (χ3v) is 7.00. The molecule has 0 aliphatic carbocycles. The van der Waals surface area contributed by atoms with E-state index in [1.54, 1.807) is 13.8 Å². The van der Waals surface area contributed by atoms with Crippen LogP contribution in [0.15, 0.2) is 97.2 Å². The van der Waals surface area contributed by atoms with E-state index in [0.29, 0.717) is 12.4 Å². The van der Waals surface area contributed by atoms with Crippen LogP contribution in [-0.4, -0.2) is 22.7 Å². The van der Waals surface area contributed by atoms with Crippen molar-refractivity contribution in [1.82, 2.24) is 4.98 Å². The van der Waals surface area contributed by atoms with Crippen molar-refractivity contribution in [3.05, 3.63) is 114 Å². The Morgan fingerprint density at radius 2 is 1.47 bits per heavy atom. The molecule has 1 atom stereocenters. The van der Waals surface area contributed by atoms with Gasteiger partial charge in [0.2, 0.25) is 0 Å². The summed E-state index contributed by atoms with van der Waals surface area (Å²) in [7, 11) is 0. The summed E-state index contributed by atoms with van der Waals surface area (Å²) in [6, 6.07) is 29.7. The molecule has 4 aromatic carbocycles. The minimum Gasteiger partial charge on any atom is -0.489 e. The first-order chi connectivity index (χ1) is 18.4. The Hall–Kier alpha value is -4.58. The second-order valence-corrected chi connectivity index (χ2v) is 9.98. The average Bonchev–Trinajstić information content (AvgIpc) is 3.33. The normalized spacial score (nSPS) is 16.3. The number of carbonyl (C=O) groups is 2. The quantitative estimate of drug-likeness (QED) is 0.211. The number of hydrogen-bond donors (Lipinski definition) is 1. The van der Waals surface area contributed by atoms with E-state index in [2.05, 4.69) is 29.2 Å². The van der Waals surface area contributed by atoms with E-state index < -0.39 is 29.6 Å². The first kappa shape index (κ1) is 23.8. The number of aromatic nitrogens is 1. The summed E-state index contributed by atoms with van der Waals surface area (Å²) in [4.78, 5) is 29.5. The second kappa shape index (κ2) is 9.38. The Kier molecular flexibility index (Phi) is 5.87. The van der Waals surface area contributed by atoms with Crippen molar-refractivity contribution in [2.24, 2.45) is 5.92 Å². The van der Waals surface area contributed by atoms with E-state index in [-0.39, 0.29) is 0 Å². The van der Waals surface area contributed by atoms with Crippen molar-refractivity contribution < 1.29 is 23.8 Å². The molecule has 0 radical (unpaired) electrons. The summed E-state index contributed by atoms with van der Waals surface area (Å²) in [5.41, 5.74) is 3.62. The number of esters is 2. The number of cyclic esters (lactones) is 2. The largest absolute Gasteiger partial charge is 0.489 e. The number of nitrogens with one attached hydrogen (secondary N) is 1. The molecule has 1 N–H and O–H groups in total. The molecule has 1 aromatic heterocycles. The highest BCUT2D eigenvalue weighted by atomic mass is 16.7. The SMILES string of the molecule is CC1(C)OC(=O)C([C@@H](c2ccc(OCc3cccc4ccccc34)cc2)c2c[nH]c3ccccc23)C(=O)O1. The summed E-state index contributed by atoms with van der Waals surface area (Å²) in [5, 5.41) is 3.25. The number of carbonyl (C=O) groups excluding carboxylic acids is 2. The topological polar surface area (TPSA) is 77.6 Å². The number of ether oxygens (including phenoxy) is 3. The van der Waals surface area contributed by atoms with Crippen molar-refractivity contribution >= 4 is 33.6 Å². The Bertz CT molecular complexity index is 1620. The maximum Gasteiger partial charge on any atom is 0.324 e. The summed E-state index contributed by atoms with van der Waals surface area (Å²) < 4.78 is 17.1. The minimum absolute atomic E-state index is 0.420. The van der Waals surface area contributed by atoms with E-state index in [4.69, 9.17) is 14.2 Å². The zero-order valence-corrected chi connectivity index (χ0v) is 21.1. The van der Waals surface area contributed by atoms with Crippen LogP contribution in [0.4, 0.5) is 0 Å². The van der Waals surface area contributed by atoms with Gasteiger partial charge in [-0.1, -0.05) is 72.8 Å². The van der Waals surface area contributed by atoms with Crippen LogP contribution in [-0.2, 0) is 25.7 Å². The van der Waals surface area contributed by atoms with Gasteiger partial charge in [-0.3, -0.25) is 9.59 Å². The van der Waals surface area contributed by atoms with E-state index in [9.17, 15) is 9.59 Å². The van der Waals surface area contributed by atoms with E-state index in [1.165, 1.54) is 5.39 Å². The first-order valence-corrected chi connectivity index (χ1v) is 12.6. The van der Waals surface area contributed by atoms with Crippen molar-refractivity contribution in [2.75, 3.05) is 0 Å². The number of benzene rings is 4. The Morgan fingerprint density at radius 3 is 2.24 bits per heavy atom. The lowest BCUT2D eigenvalue weighted by Crippen LogP contribution is -2.48. The van der Waals surface area contributed by atoms with Crippen molar-refractivity contribution in [2.45, 2.75) is 32.2 Å². The summed E-state index contributed by atoms with van der Waals surface area (Å²) in [6.45, 7) is 3.53. The summed E-state index contributed by atoms with van der Waals surface area (Å²) in [5.74, 6) is -3.54. The van der Waals surface area contributed by atoms with Gasteiger partial charge in [-0.15, -0.1) is 0 Å². The van der Waals surface area contributed by atoms with E-state index in [0.717, 1.165) is 33.0 Å². The van der Waals surface area contributed by atoms with Gasteiger partial charge in [0.1, 0.15) is 12.4 Å². The number of hydrogen-bond acceptors (Lipinski definition) is 5. The molecule has 1 fully saturated rings. The van der Waals surface area contributed by atoms with Crippen LogP contribution < -0.4 is 4.74 Å². The van der Waals surface area contributed by atoms with Gasteiger partial charge in [0, 0.05) is 36.9 Å². The molecule has 1 saturated heterocycles. The highest BCUT2D eigenvalue weighted by Gasteiger charge is 2.48. The molecule has 0 spiro atoms. The number of rotatable bonds is 6. The predicted octanol–water partition coefficient (Wildman–Crippen LogP) is 6.48. The molecule has 1 aliphatic rings. The molecule has 38 heavy (non-hydrogen) atoms. The van der Waals surface area contributed by atoms with Crippen LogP contribution in [0.25, 0.3) is 21.7 Å². The third kappa shape index (κ3) is 4.39. The fourth-order valence-electron chi connectivity index (χ4n) is 5.25. The number of fused-ring (bicyclic) bond motifs is 2. The molecule has 6 nitrogen and oxygen atoms in total. The molecule has 0 saturated carbocycles. The van der Waals surface area contributed by atoms with Crippen LogP contribution in [0.1, 0.15) is 36.5 Å². The zero-order valence-electron chi connectivity index (χ0n) is 21.1. The fourth-order valence-corrected chi connectivity index (χ4v) is 5.25. The van der Waals surface area contributed by atoms with Crippen LogP contribution in [0.3, 0.4) is 0 Å². The number of aromatic amines is 1. The van der Waals surface area contributed by atoms with E-state index >= 15 is 0 Å². The van der Waals surface area contributed by atoms with Crippen LogP contribution in [0, 0.1) is 5.92 Å². The summed E-state index contributed by atoms with van der Waals surface area (Å²) in [6.07, 6.45) is 1.85.